The number of benzene rings is 2. The van der Waals surface area contributed by atoms with Crippen LogP contribution >= 0.6 is 31.9 Å². The highest BCUT2D eigenvalue weighted by molar-refractivity contribution is 9.10. The minimum atomic E-state index is -0.755. The number of alkyl halides is 1. The molecule has 0 aliphatic rings. The van der Waals surface area contributed by atoms with Crippen molar-refractivity contribution < 1.29 is 14.3 Å². The maximum absolute atomic E-state index is 12.5. The van der Waals surface area contributed by atoms with E-state index in [0.29, 0.717) is 6.42 Å². The lowest BCUT2D eigenvalue weighted by atomic mass is 10.1. The molecule has 0 aliphatic heterocycles. The minimum absolute atomic E-state index is 0.172. The van der Waals surface area contributed by atoms with Crippen LogP contribution in [-0.2, 0) is 27.4 Å². The van der Waals surface area contributed by atoms with Crippen LogP contribution in [0.1, 0.15) is 18.1 Å². The quantitative estimate of drug-likeness (QED) is 0.493. The summed E-state index contributed by atoms with van der Waals surface area (Å²) < 4.78 is 6.28. The maximum atomic E-state index is 12.5. The minimum Gasteiger partial charge on any atom is -0.459 e. The molecule has 6 heteroatoms. The average molecular weight is 469 g/mol. The fourth-order valence-corrected chi connectivity index (χ4v) is 2.77. The van der Waals surface area contributed by atoms with Gasteiger partial charge in [-0.25, -0.2) is 4.79 Å². The van der Waals surface area contributed by atoms with Gasteiger partial charge in [0.15, 0.2) is 0 Å². The van der Waals surface area contributed by atoms with Gasteiger partial charge in [0.25, 0.3) is 0 Å². The first-order valence-electron chi connectivity index (χ1n) is 7.86. The Morgan fingerprint density at radius 3 is 2.36 bits per heavy atom. The van der Waals surface area contributed by atoms with Crippen molar-refractivity contribution in [3.05, 3.63) is 70.2 Å². The van der Waals surface area contributed by atoms with Gasteiger partial charge in [-0.3, -0.25) is 4.79 Å². The lowest BCUT2D eigenvalue weighted by molar-refractivity contribution is -0.149. The molecule has 0 fully saturated rings. The smallest absolute Gasteiger partial charge is 0.329 e. The van der Waals surface area contributed by atoms with Crippen molar-refractivity contribution in [2.75, 3.05) is 0 Å². The summed E-state index contributed by atoms with van der Waals surface area (Å²) >= 11 is 6.69. The van der Waals surface area contributed by atoms with E-state index >= 15 is 0 Å². The van der Waals surface area contributed by atoms with Crippen molar-refractivity contribution >= 4 is 43.7 Å². The molecule has 0 radical (unpaired) electrons. The van der Waals surface area contributed by atoms with Crippen molar-refractivity contribution in [3.8, 4) is 0 Å². The highest BCUT2D eigenvalue weighted by atomic mass is 79.9. The van der Waals surface area contributed by atoms with Crippen LogP contribution in [0.4, 0.5) is 0 Å². The Labute approximate surface area is 164 Å². The summed E-state index contributed by atoms with van der Waals surface area (Å²) in [5.74, 6) is -0.713. The van der Waals surface area contributed by atoms with Crippen LogP contribution in [0.25, 0.3) is 0 Å². The highest BCUT2D eigenvalue weighted by Crippen LogP contribution is 2.18. The van der Waals surface area contributed by atoms with Crippen molar-refractivity contribution in [1.29, 1.82) is 0 Å². The molecule has 0 unspecified atom stereocenters. The van der Waals surface area contributed by atoms with Gasteiger partial charge >= 0.3 is 5.97 Å². The van der Waals surface area contributed by atoms with Gasteiger partial charge in [-0.05, 0) is 24.1 Å². The van der Waals surface area contributed by atoms with Gasteiger partial charge in [0.05, 0.1) is 4.83 Å². The van der Waals surface area contributed by atoms with E-state index in [1.54, 1.807) is 6.92 Å². The van der Waals surface area contributed by atoms with E-state index in [2.05, 4.69) is 37.2 Å². The highest BCUT2D eigenvalue weighted by Gasteiger charge is 2.25. The molecule has 4 nitrogen and oxygen atoms in total. The van der Waals surface area contributed by atoms with Crippen LogP contribution in [0.3, 0.4) is 0 Å². The second kappa shape index (κ2) is 9.73. The van der Waals surface area contributed by atoms with Gasteiger partial charge in [0.2, 0.25) is 5.91 Å². The van der Waals surface area contributed by atoms with E-state index in [4.69, 9.17) is 4.74 Å². The Bertz CT molecular complexity index is 720. The standard InChI is InChI=1S/C19H19Br2NO3/c1-13(20)18(23)22-17(11-15-9-5-6-10-16(15)21)19(24)25-12-14-7-3-2-4-8-14/h2-10,13,17H,11-12H2,1H3,(H,22,23)/t13-,17-/m0/s1. The molecule has 0 saturated heterocycles. The summed E-state index contributed by atoms with van der Waals surface area (Å²) in [5, 5.41) is 2.75. The number of rotatable bonds is 7. The average Bonchev–Trinajstić information content (AvgIpc) is 2.61. The molecule has 2 atom stereocenters. The topological polar surface area (TPSA) is 55.4 Å². The summed E-state index contributed by atoms with van der Waals surface area (Å²) in [7, 11) is 0. The summed E-state index contributed by atoms with van der Waals surface area (Å²) in [6, 6.07) is 16.3. The number of amides is 1. The largest absolute Gasteiger partial charge is 0.459 e. The van der Waals surface area contributed by atoms with Crippen LogP contribution < -0.4 is 5.32 Å². The zero-order valence-corrected chi connectivity index (χ0v) is 16.9. The maximum Gasteiger partial charge on any atom is 0.329 e. The molecular formula is C19H19Br2NO3. The first-order chi connectivity index (χ1) is 12.0. The van der Waals surface area contributed by atoms with E-state index in [1.807, 2.05) is 54.6 Å². The van der Waals surface area contributed by atoms with Gasteiger partial charge < -0.3 is 10.1 Å². The van der Waals surface area contributed by atoms with E-state index in [-0.39, 0.29) is 12.5 Å². The van der Waals surface area contributed by atoms with Crippen molar-refractivity contribution in [1.82, 2.24) is 5.32 Å². The first-order valence-corrected chi connectivity index (χ1v) is 9.56. The second-order valence-electron chi connectivity index (χ2n) is 5.57. The van der Waals surface area contributed by atoms with Gasteiger partial charge in [0.1, 0.15) is 12.6 Å². The normalized spacial score (nSPS) is 12.9. The molecule has 1 amide bonds. The molecule has 1 N–H and O–H groups in total. The number of halogens is 2. The fourth-order valence-electron chi connectivity index (χ4n) is 2.19. The lowest BCUT2D eigenvalue weighted by Gasteiger charge is -2.19. The molecule has 0 saturated carbocycles. The Kier molecular flexibility index (Phi) is 7.65. The first kappa shape index (κ1) is 19.7. The fraction of sp³-hybridized carbons (Fsp3) is 0.263. The molecule has 0 aromatic heterocycles. The lowest BCUT2D eigenvalue weighted by Crippen LogP contribution is -2.45. The molecule has 2 rings (SSSR count). The third kappa shape index (κ3) is 6.29. The number of hydrogen-bond donors (Lipinski definition) is 1. The molecule has 2 aromatic carbocycles. The SMILES string of the molecule is C[C@H](Br)C(=O)N[C@@H](Cc1ccccc1Br)C(=O)OCc1ccccc1. The Morgan fingerprint density at radius 1 is 1.08 bits per heavy atom. The third-order valence-corrected chi connectivity index (χ3v) is 4.76. The predicted octanol–water partition coefficient (Wildman–Crippen LogP) is 4.00. The summed E-state index contributed by atoms with van der Waals surface area (Å²) in [4.78, 5) is 24.2. The third-order valence-electron chi connectivity index (χ3n) is 3.57. The number of carbonyl (C=O) groups excluding carboxylic acids is 2. The molecule has 0 spiro atoms. The van der Waals surface area contributed by atoms with E-state index in [0.717, 1.165) is 15.6 Å². The zero-order valence-electron chi connectivity index (χ0n) is 13.7. The number of esters is 1. The summed E-state index contributed by atoms with van der Waals surface area (Å²) in [6.45, 7) is 1.88. The van der Waals surface area contributed by atoms with Gasteiger partial charge in [-0.15, -0.1) is 0 Å². The van der Waals surface area contributed by atoms with Crippen molar-refractivity contribution in [2.45, 2.75) is 30.8 Å². The van der Waals surface area contributed by atoms with Crippen LogP contribution in [0.2, 0.25) is 0 Å². The molecule has 2 aromatic rings. The molecule has 0 aliphatic carbocycles. The Hall–Kier alpha value is -1.66. The molecule has 25 heavy (non-hydrogen) atoms. The molecule has 0 bridgehead atoms. The van der Waals surface area contributed by atoms with Gasteiger partial charge in [0, 0.05) is 10.9 Å². The number of nitrogens with one attached hydrogen (secondary N) is 1. The molecular weight excluding hydrogens is 450 g/mol. The van der Waals surface area contributed by atoms with Crippen LogP contribution in [0.5, 0.6) is 0 Å². The van der Waals surface area contributed by atoms with E-state index < -0.39 is 16.8 Å². The van der Waals surface area contributed by atoms with E-state index in [9.17, 15) is 9.59 Å². The Morgan fingerprint density at radius 2 is 1.72 bits per heavy atom. The van der Waals surface area contributed by atoms with Crippen LogP contribution in [0, 0.1) is 0 Å². The number of hydrogen-bond acceptors (Lipinski definition) is 3. The monoisotopic (exact) mass is 467 g/mol. The number of ether oxygens (including phenoxy) is 1. The summed E-state index contributed by atoms with van der Waals surface area (Å²) in [5.41, 5.74) is 1.82. The second-order valence-corrected chi connectivity index (χ2v) is 7.79. The molecule has 132 valence electrons. The number of carbonyl (C=O) groups is 2. The van der Waals surface area contributed by atoms with Crippen LogP contribution in [0.15, 0.2) is 59.1 Å². The molecule has 0 heterocycles. The van der Waals surface area contributed by atoms with Crippen molar-refractivity contribution in [2.24, 2.45) is 0 Å². The summed E-state index contributed by atoms with van der Waals surface area (Å²) in [6.07, 6.45) is 0.348. The Balaban J connectivity index is 2.08. The van der Waals surface area contributed by atoms with Gasteiger partial charge in [-0.1, -0.05) is 80.4 Å². The van der Waals surface area contributed by atoms with Crippen molar-refractivity contribution in [3.63, 3.8) is 0 Å². The van der Waals surface area contributed by atoms with E-state index in [1.165, 1.54) is 0 Å². The van der Waals surface area contributed by atoms with Gasteiger partial charge in [-0.2, -0.15) is 0 Å². The van der Waals surface area contributed by atoms with Crippen LogP contribution in [-0.4, -0.2) is 22.7 Å². The zero-order chi connectivity index (χ0) is 18.2. The predicted molar refractivity (Wildman–Crippen MR) is 104 cm³/mol.